The smallest absolute Gasteiger partial charge is 0.347 e. The molecule has 2 aromatic carbocycles. The van der Waals surface area contributed by atoms with Gasteiger partial charge in [-0.25, -0.2) is 9.59 Å². The largest absolute Gasteiger partial charge is 0.490 e. The fourth-order valence-electron chi connectivity index (χ4n) is 2.03. The first-order valence-electron chi connectivity index (χ1n) is 7.76. The van der Waals surface area contributed by atoms with Crippen LogP contribution in [0.2, 0.25) is 0 Å². The number of hydrogen-bond donors (Lipinski definition) is 0. The van der Waals surface area contributed by atoms with Crippen molar-refractivity contribution in [2.75, 3.05) is 6.61 Å². The van der Waals surface area contributed by atoms with Crippen LogP contribution in [0.5, 0.6) is 11.5 Å². The van der Waals surface area contributed by atoms with E-state index in [1.807, 2.05) is 13.8 Å². The van der Waals surface area contributed by atoms with Crippen molar-refractivity contribution in [3.8, 4) is 11.5 Å². The summed E-state index contributed by atoms with van der Waals surface area (Å²) in [4.78, 5) is 23.9. The Balaban J connectivity index is 2.11. The van der Waals surface area contributed by atoms with Crippen molar-refractivity contribution in [1.29, 1.82) is 0 Å². The van der Waals surface area contributed by atoms with Crippen molar-refractivity contribution in [2.45, 2.75) is 26.9 Å². The molecule has 0 amide bonds. The monoisotopic (exact) mass is 328 g/mol. The molecule has 0 aliphatic rings. The SMILES string of the molecule is CCOC(=O)c1ccc(OC(=O)c2ccccc2OC(C)C)cc1. The Morgan fingerprint density at radius 1 is 0.958 bits per heavy atom. The van der Waals surface area contributed by atoms with Gasteiger partial charge >= 0.3 is 11.9 Å². The molecular weight excluding hydrogens is 308 g/mol. The normalized spacial score (nSPS) is 10.3. The Bertz CT molecular complexity index is 704. The predicted octanol–water partition coefficient (Wildman–Crippen LogP) is 3.87. The van der Waals surface area contributed by atoms with E-state index in [1.165, 1.54) is 0 Å². The maximum absolute atomic E-state index is 12.3. The van der Waals surface area contributed by atoms with Gasteiger partial charge < -0.3 is 14.2 Å². The van der Waals surface area contributed by atoms with Gasteiger partial charge in [-0.1, -0.05) is 12.1 Å². The van der Waals surface area contributed by atoms with Gasteiger partial charge in [-0.2, -0.15) is 0 Å². The lowest BCUT2D eigenvalue weighted by atomic mass is 10.2. The second kappa shape index (κ2) is 8.15. The van der Waals surface area contributed by atoms with Crippen LogP contribution in [0.4, 0.5) is 0 Å². The summed E-state index contributed by atoms with van der Waals surface area (Å²) in [7, 11) is 0. The molecule has 0 spiro atoms. The first-order chi connectivity index (χ1) is 11.5. The summed E-state index contributed by atoms with van der Waals surface area (Å²) in [5, 5.41) is 0. The van der Waals surface area contributed by atoms with Crippen LogP contribution >= 0.6 is 0 Å². The lowest BCUT2D eigenvalue weighted by Gasteiger charge is -2.13. The van der Waals surface area contributed by atoms with Crippen LogP contribution in [0.3, 0.4) is 0 Å². The molecular formula is C19H20O5. The van der Waals surface area contributed by atoms with Crippen molar-refractivity contribution in [3.05, 3.63) is 59.7 Å². The van der Waals surface area contributed by atoms with E-state index in [0.29, 0.717) is 29.2 Å². The first kappa shape index (κ1) is 17.5. The zero-order chi connectivity index (χ0) is 17.5. The summed E-state index contributed by atoms with van der Waals surface area (Å²) in [5.41, 5.74) is 0.751. The molecule has 0 fully saturated rings. The Hall–Kier alpha value is -2.82. The molecule has 5 heteroatoms. The van der Waals surface area contributed by atoms with Crippen molar-refractivity contribution < 1.29 is 23.8 Å². The Labute approximate surface area is 141 Å². The average Bonchev–Trinajstić information content (AvgIpc) is 2.55. The summed E-state index contributed by atoms with van der Waals surface area (Å²) >= 11 is 0. The van der Waals surface area contributed by atoms with E-state index in [0.717, 1.165) is 0 Å². The van der Waals surface area contributed by atoms with Crippen LogP contribution in [-0.4, -0.2) is 24.6 Å². The number of benzene rings is 2. The van der Waals surface area contributed by atoms with Gasteiger partial charge in [0, 0.05) is 0 Å². The summed E-state index contributed by atoms with van der Waals surface area (Å²) in [6.45, 7) is 5.82. The predicted molar refractivity (Wildman–Crippen MR) is 89.6 cm³/mol. The highest BCUT2D eigenvalue weighted by atomic mass is 16.5. The van der Waals surface area contributed by atoms with Crippen LogP contribution in [0.1, 0.15) is 41.5 Å². The molecule has 0 aliphatic heterocycles. The van der Waals surface area contributed by atoms with Crippen molar-refractivity contribution >= 4 is 11.9 Å². The maximum Gasteiger partial charge on any atom is 0.347 e. The molecule has 0 radical (unpaired) electrons. The highest BCUT2D eigenvalue weighted by Crippen LogP contribution is 2.22. The fourth-order valence-corrected chi connectivity index (χ4v) is 2.03. The van der Waals surface area contributed by atoms with Crippen LogP contribution in [0.25, 0.3) is 0 Å². The third-order valence-corrected chi connectivity index (χ3v) is 3.05. The molecule has 5 nitrogen and oxygen atoms in total. The van der Waals surface area contributed by atoms with Gasteiger partial charge in [0.25, 0.3) is 0 Å². The molecule has 0 aromatic heterocycles. The Kier molecular flexibility index (Phi) is 5.95. The average molecular weight is 328 g/mol. The lowest BCUT2D eigenvalue weighted by molar-refractivity contribution is 0.0526. The van der Waals surface area contributed by atoms with E-state index in [4.69, 9.17) is 14.2 Å². The van der Waals surface area contributed by atoms with E-state index in [1.54, 1.807) is 55.5 Å². The standard InChI is InChI=1S/C19H20O5/c1-4-22-18(20)14-9-11-15(12-10-14)24-19(21)16-7-5-6-8-17(16)23-13(2)3/h5-13H,4H2,1-3H3. The Morgan fingerprint density at radius 2 is 1.62 bits per heavy atom. The van der Waals surface area contributed by atoms with Gasteiger partial charge in [0.15, 0.2) is 0 Å². The Morgan fingerprint density at radius 3 is 2.25 bits per heavy atom. The lowest BCUT2D eigenvalue weighted by Crippen LogP contribution is -2.13. The summed E-state index contributed by atoms with van der Waals surface area (Å²) in [6.07, 6.45) is -0.0530. The molecule has 0 unspecified atom stereocenters. The zero-order valence-corrected chi connectivity index (χ0v) is 13.9. The number of hydrogen-bond acceptors (Lipinski definition) is 5. The second-order valence-electron chi connectivity index (χ2n) is 5.30. The molecule has 24 heavy (non-hydrogen) atoms. The van der Waals surface area contributed by atoms with Crippen LogP contribution < -0.4 is 9.47 Å². The molecule has 2 rings (SSSR count). The summed E-state index contributed by atoms with van der Waals surface area (Å²) in [6, 6.07) is 13.1. The summed E-state index contributed by atoms with van der Waals surface area (Å²) in [5.74, 6) is -0.116. The topological polar surface area (TPSA) is 61.8 Å². The van der Waals surface area contributed by atoms with Gasteiger partial charge in [0.1, 0.15) is 17.1 Å². The highest BCUT2D eigenvalue weighted by molar-refractivity contribution is 5.94. The fraction of sp³-hybridized carbons (Fsp3) is 0.263. The second-order valence-corrected chi connectivity index (χ2v) is 5.30. The first-order valence-corrected chi connectivity index (χ1v) is 7.76. The van der Waals surface area contributed by atoms with Gasteiger partial charge in [-0.3, -0.25) is 0 Å². The van der Waals surface area contributed by atoms with E-state index < -0.39 is 11.9 Å². The molecule has 2 aromatic rings. The number of esters is 2. The minimum Gasteiger partial charge on any atom is -0.490 e. The number of carbonyl (C=O) groups is 2. The van der Waals surface area contributed by atoms with E-state index >= 15 is 0 Å². The van der Waals surface area contributed by atoms with Crippen LogP contribution in [0, 0.1) is 0 Å². The molecule has 0 saturated heterocycles. The molecule has 0 aliphatic carbocycles. The minimum absolute atomic E-state index is 0.0530. The summed E-state index contributed by atoms with van der Waals surface area (Å²) < 4.78 is 15.9. The molecule has 0 atom stereocenters. The molecule has 0 heterocycles. The minimum atomic E-state index is -0.518. The zero-order valence-electron chi connectivity index (χ0n) is 13.9. The van der Waals surface area contributed by atoms with Crippen LogP contribution in [0.15, 0.2) is 48.5 Å². The van der Waals surface area contributed by atoms with Gasteiger partial charge in [0.2, 0.25) is 0 Å². The molecule has 126 valence electrons. The number of carbonyl (C=O) groups excluding carboxylic acids is 2. The third-order valence-electron chi connectivity index (χ3n) is 3.05. The quantitative estimate of drug-likeness (QED) is 0.595. The van der Waals surface area contributed by atoms with Gasteiger partial charge in [0.05, 0.1) is 18.3 Å². The van der Waals surface area contributed by atoms with E-state index in [2.05, 4.69) is 0 Å². The van der Waals surface area contributed by atoms with Gasteiger partial charge in [-0.15, -0.1) is 0 Å². The molecule has 0 bridgehead atoms. The van der Waals surface area contributed by atoms with E-state index in [9.17, 15) is 9.59 Å². The van der Waals surface area contributed by atoms with Crippen molar-refractivity contribution in [2.24, 2.45) is 0 Å². The molecule has 0 N–H and O–H groups in total. The van der Waals surface area contributed by atoms with Crippen molar-refractivity contribution in [3.63, 3.8) is 0 Å². The highest BCUT2D eigenvalue weighted by Gasteiger charge is 2.16. The molecule has 0 saturated carbocycles. The van der Waals surface area contributed by atoms with Crippen LogP contribution in [-0.2, 0) is 4.74 Å². The van der Waals surface area contributed by atoms with Crippen molar-refractivity contribution in [1.82, 2.24) is 0 Å². The third kappa shape index (κ3) is 4.59. The van der Waals surface area contributed by atoms with E-state index in [-0.39, 0.29) is 6.10 Å². The number of para-hydroxylation sites is 1. The number of ether oxygens (including phenoxy) is 3. The number of rotatable bonds is 6. The van der Waals surface area contributed by atoms with Gasteiger partial charge in [-0.05, 0) is 57.2 Å². The maximum atomic E-state index is 12.3.